The van der Waals surface area contributed by atoms with Gasteiger partial charge in [0, 0.05) is 43.4 Å². The highest BCUT2D eigenvalue weighted by molar-refractivity contribution is 9.10. The van der Waals surface area contributed by atoms with Gasteiger partial charge in [-0.25, -0.2) is 0 Å². The molecule has 7 heteroatoms. The average Bonchev–Trinajstić information content (AvgIpc) is 3.13. The molecule has 3 aromatic carbocycles. The number of aromatic nitrogens is 1. The van der Waals surface area contributed by atoms with Crippen LogP contribution < -0.4 is 10.1 Å². The summed E-state index contributed by atoms with van der Waals surface area (Å²) in [7, 11) is -1.21. The van der Waals surface area contributed by atoms with Crippen LogP contribution in [-0.4, -0.2) is 25.2 Å². The number of carbonyl (C=O) groups excluding carboxylic acids is 1. The number of rotatable bonds is 11. The van der Waals surface area contributed by atoms with E-state index in [0.717, 1.165) is 57.2 Å². The first-order chi connectivity index (χ1) is 18.4. The largest absolute Gasteiger partial charge is 0.440 e. The Morgan fingerprint density at radius 2 is 1.69 bits per heavy atom. The lowest BCUT2D eigenvalue weighted by Crippen LogP contribution is -2.39. The third-order valence-corrected chi connectivity index (χ3v) is 8.99. The fourth-order valence-electron chi connectivity index (χ4n) is 4.69. The lowest BCUT2D eigenvalue weighted by atomic mass is 9.94. The van der Waals surface area contributed by atoms with Gasteiger partial charge in [-0.1, -0.05) is 78.0 Å². The van der Waals surface area contributed by atoms with E-state index in [9.17, 15) is 4.79 Å². The Hall–Kier alpha value is -2.87. The average molecular weight is 608 g/mol. The molecule has 206 valence electrons. The number of hydrogen-bond donors (Lipinski definition) is 1. The van der Waals surface area contributed by atoms with Crippen molar-refractivity contribution in [1.29, 1.82) is 0 Å². The van der Waals surface area contributed by atoms with Gasteiger partial charge in [0.1, 0.15) is 12.5 Å². The number of halogens is 1. The summed E-state index contributed by atoms with van der Waals surface area (Å²) in [5.41, 5.74) is 3.94. The lowest BCUT2D eigenvalue weighted by Gasteiger charge is -2.26. The van der Waals surface area contributed by atoms with Gasteiger partial charge in [0.05, 0.1) is 11.1 Å². The maximum Gasteiger partial charge on any atom is 0.217 e. The molecule has 5 nitrogen and oxygen atoms in total. The van der Waals surface area contributed by atoms with Crippen molar-refractivity contribution >= 4 is 40.8 Å². The highest BCUT2D eigenvalue weighted by Gasteiger charge is 2.23. The van der Waals surface area contributed by atoms with Gasteiger partial charge in [-0.2, -0.15) is 0 Å². The minimum atomic E-state index is -1.21. The Balaban J connectivity index is 1.74. The fraction of sp³-hybridized carbons (Fsp3) is 0.344. The number of amides is 1. The standard InChI is InChI=1S/C32H39BrN2O3Si/c1-23(36)34-32(2,3)25-12-15-27(16-13-25)38-31-29(20-24-10-8-7-9-11-24)28-21-26(33)14-17-30(28)35(31)22-37-18-19-39(4,5)6/h7-17,21H,18-20,22H2,1-6H3,(H,34,36). The first-order valence-electron chi connectivity index (χ1n) is 13.4. The first-order valence-corrected chi connectivity index (χ1v) is 17.9. The number of nitrogens with one attached hydrogen (secondary N) is 1. The van der Waals surface area contributed by atoms with Crippen LogP contribution in [0, 0.1) is 0 Å². The third kappa shape index (κ3) is 7.62. The van der Waals surface area contributed by atoms with Crippen molar-refractivity contribution in [3.05, 3.63) is 94.0 Å². The predicted octanol–water partition coefficient (Wildman–Crippen LogP) is 8.47. The molecule has 0 fully saturated rings. The van der Waals surface area contributed by atoms with Crippen LogP contribution in [0.15, 0.2) is 77.3 Å². The van der Waals surface area contributed by atoms with E-state index in [4.69, 9.17) is 9.47 Å². The number of nitrogens with zero attached hydrogens (tertiary/aromatic N) is 1. The second kappa shape index (κ2) is 12.1. The number of benzene rings is 3. The molecule has 4 rings (SSSR count). The van der Waals surface area contributed by atoms with Crippen LogP contribution in [0.5, 0.6) is 11.6 Å². The highest BCUT2D eigenvalue weighted by atomic mass is 79.9. The minimum Gasteiger partial charge on any atom is -0.440 e. The zero-order valence-corrected chi connectivity index (χ0v) is 26.4. The van der Waals surface area contributed by atoms with Crippen LogP contribution in [0.4, 0.5) is 0 Å². The van der Waals surface area contributed by atoms with Crippen molar-refractivity contribution < 1.29 is 14.3 Å². The molecular weight excluding hydrogens is 568 g/mol. The quantitative estimate of drug-likeness (QED) is 0.138. The zero-order chi connectivity index (χ0) is 28.2. The van der Waals surface area contributed by atoms with E-state index >= 15 is 0 Å². The molecule has 0 radical (unpaired) electrons. The van der Waals surface area contributed by atoms with Gasteiger partial charge in [0.2, 0.25) is 11.8 Å². The molecule has 0 unspecified atom stereocenters. The molecule has 0 bridgehead atoms. The summed E-state index contributed by atoms with van der Waals surface area (Å²) in [4.78, 5) is 11.7. The van der Waals surface area contributed by atoms with E-state index in [-0.39, 0.29) is 5.91 Å². The van der Waals surface area contributed by atoms with Crippen LogP contribution in [0.25, 0.3) is 10.9 Å². The van der Waals surface area contributed by atoms with Gasteiger partial charge in [-0.15, -0.1) is 0 Å². The van der Waals surface area contributed by atoms with E-state index < -0.39 is 13.6 Å². The molecule has 0 spiro atoms. The van der Waals surface area contributed by atoms with E-state index in [0.29, 0.717) is 6.73 Å². The number of hydrogen-bond acceptors (Lipinski definition) is 3. The second-order valence-electron chi connectivity index (χ2n) is 11.8. The van der Waals surface area contributed by atoms with Gasteiger partial charge >= 0.3 is 0 Å². The maximum absolute atomic E-state index is 11.7. The van der Waals surface area contributed by atoms with Crippen LogP contribution in [0.2, 0.25) is 25.7 Å². The van der Waals surface area contributed by atoms with E-state index in [1.807, 2.05) is 44.2 Å². The van der Waals surface area contributed by atoms with E-state index in [2.05, 4.69) is 87.9 Å². The van der Waals surface area contributed by atoms with Crippen LogP contribution in [0.1, 0.15) is 37.5 Å². The van der Waals surface area contributed by atoms with Gasteiger partial charge in [0.25, 0.3) is 0 Å². The summed E-state index contributed by atoms with van der Waals surface area (Å²) in [5, 5.41) is 4.15. The molecule has 0 aliphatic carbocycles. The topological polar surface area (TPSA) is 52.5 Å². The van der Waals surface area contributed by atoms with Gasteiger partial charge in [-0.3, -0.25) is 9.36 Å². The maximum atomic E-state index is 11.7. The van der Waals surface area contributed by atoms with Crippen LogP contribution >= 0.6 is 15.9 Å². The van der Waals surface area contributed by atoms with Crippen LogP contribution in [-0.2, 0) is 28.2 Å². The van der Waals surface area contributed by atoms with Crippen LogP contribution in [0.3, 0.4) is 0 Å². The SMILES string of the molecule is CC(=O)NC(C)(C)c1ccc(Oc2c(Cc3ccccc3)c3cc(Br)ccc3n2COCC[Si](C)(C)C)cc1. The number of carbonyl (C=O) groups is 1. The Kier molecular flexibility index (Phi) is 9.04. The molecule has 0 aliphatic rings. The monoisotopic (exact) mass is 606 g/mol. The molecule has 0 saturated heterocycles. The van der Waals surface area contributed by atoms with Gasteiger partial charge < -0.3 is 14.8 Å². The molecular formula is C32H39BrN2O3Si. The van der Waals surface area contributed by atoms with Crippen molar-refractivity contribution in [2.75, 3.05) is 6.61 Å². The summed E-state index contributed by atoms with van der Waals surface area (Å²) in [6, 6.07) is 25.9. The third-order valence-electron chi connectivity index (χ3n) is 6.80. The summed E-state index contributed by atoms with van der Waals surface area (Å²) in [6.07, 6.45) is 0.735. The number of ether oxygens (including phenoxy) is 2. The predicted molar refractivity (Wildman–Crippen MR) is 166 cm³/mol. The van der Waals surface area contributed by atoms with E-state index in [1.165, 1.54) is 12.5 Å². The smallest absolute Gasteiger partial charge is 0.217 e. The zero-order valence-electron chi connectivity index (χ0n) is 23.8. The summed E-state index contributed by atoms with van der Waals surface area (Å²) < 4.78 is 16.1. The molecule has 1 heterocycles. The molecule has 0 aliphatic heterocycles. The van der Waals surface area contributed by atoms with Crippen molar-refractivity contribution in [2.24, 2.45) is 0 Å². The fourth-order valence-corrected chi connectivity index (χ4v) is 5.80. The molecule has 0 atom stereocenters. The Labute approximate surface area is 241 Å². The first kappa shape index (κ1) is 29.1. The molecule has 4 aromatic rings. The summed E-state index contributed by atoms with van der Waals surface area (Å²) >= 11 is 3.68. The van der Waals surface area contributed by atoms with Crippen molar-refractivity contribution in [2.45, 2.75) is 65.1 Å². The Morgan fingerprint density at radius 3 is 2.33 bits per heavy atom. The van der Waals surface area contributed by atoms with Crippen molar-refractivity contribution in [3.8, 4) is 11.6 Å². The second-order valence-corrected chi connectivity index (χ2v) is 18.4. The van der Waals surface area contributed by atoms with Crippen molar-refractivity contribution in [3.63, 3.8) is 0 Å². The van der Waals surface area contributed by atoms with Crippen molar-refractivity contribution in [1.82, 2.24) is 9.88 Å². The number of fused-ring (bicyclic) bond motifs is 1. The molecule has 1 amide bonds. The highest BCUT2D eigenvalue weighted by Crippen LogP contribution is 2.38. The minimum absolute atomic E-state index is 0.0596. The molecule has 39 heavy (non-hydrogen) atoms. The molecule has 1 aromatic heterocycles. The van der Waals surface area contributed by atoms with Gasteiger partial charge in [-0.05, 0) is 61.4 Å². The molecule has 1 N–H and O–H groups in total. The summed E-state index contributed by atoms with van der Waals surface area (Å²) in [6.45, 7) is 13.8. The van der Waals surface area contributed by atoms with E-state index in [1.54, 1.807) is 0 Å². The normalized spacial score (nSPS) is 12.1. The van der Waals surface area contributed by atoms with Gasteiger partial charge in [0.15, 0.2) is 0 Å². The molecule has 0 saturated carbocycles. The Bertz CT molecular complexity index is 1420. The Morgan fingerprint density at radius 1 is 1.00 bits per heavy atom. The lowest BCUT2D eigenvalue weighted by molar-refractivity contribution is -0.120. The summed E-state index contributed by atoms with van der Waals surface area (Å²) in [5.74, 6) is 1.46.